The summed E-state index contributed by atoms with van der Waals surface area (Å²) in [6.45, 7) is 1.62. The molecule has 0 saturated heterocycles. The number of rotatable bonds is 4. The van der Waals surface area contributed by atoms with Crippen LogP contribution in [-0.2, 0) is 4.79 Å². The Morgan fingerprint density at radius 1 is 1.42 bits per heavy atom. The number of aryl methyl sites for hydroxylation is 1. The number of hydrogen-bond acceptors (Lipinski definition) is 2. The standard InChI is InChI=1S/C13H15FN2O3/c1-7-2-5-9(6-10(7)14)15-13(19)16-11(12(17)18)8-3-4-8/h2,5-6,8,11H,3-4H2,1H3,(H,17,18)(H2,15,16,19). The summed E-state index contributed by atoms with van der Waals surface area (Å²) in [7, 11) is 0. The Morgan fingerprint density at radius 2 is 2.11 bits per heavy atom. The average molecular weight is 266 g/mol. The molecule has 1 aliphatic rings. The van der Waals surface area contributed by atoms with Gasteiger partial charge in [0.15, 0.2) is 0 Å². The average Bonchev–Trinajstić information content (AvgIpc) is 3.14. The number of nitrogens with one attached hydrogen (secondary N) is 2. The first-order valence-electron chi connectivity index (χ1n) is 6.04. The van der Waals surface area contributed by atoms with Gasteiger partial charge in [0.25, 0.3) is 0 Å². The summed E-state index contributed by atoms with van der Waals surface area (Å²) >= 11 is 0. The summed E-state index contributed by atoms with van der Waals surface area (Å²) in [5, 5.41) is 13.8. The van der Waals surface area contributed by atoms with E-state index in [0.717, 1.165) is 12.8 Å². The van der Waals surface area contributed by atoms with Gasteiger partial charge in [0.1, 0.15) is 11.9 Å². The van der Waals surface area contributed by atoms with Crippen LogP contribution < -0.4 is 10.6 Å². The van der Waals surface area contributed by atoms with E-state index < -0.39 is 23.9 Å². The molecule has 1 atom stereocenters. The van der Waals surface area contributed by atoms with E-state index in [2.05, 4.69) is 10.6 Å². The minimum absolute atomic E-state index is 0.00185. The summed E-state index contributed by atoms with van der Waals surface area (Å²) in [6.07, 6.45) is 1.60. The second kappa shape index (κ2) is 5.26. The Hall–Kier alpha value is -2.11. The van der Waals surface area contributed by atoms with Crippen molar-refractivity contribution in [3.05, 3.63) is 29.6 Å². The van der Waals surface area contributed by atoms with Gasteiger partial charge in [-0.25, -0.2) is 14.0 Å². The SMILES string of the molecule is Cc1ccc(NC(=O)NC(C(=O)O)C2CC2)cc1F. The Labute approximate surface area is 109 Å². The van der Waals surface area contributed by atoms with E-state index in [1.807, 2.05) is 0 Å². The van der Waals surface area contributed by atoms with Gasteiger partial charge in [-0.05, 0) is 43.4 Å². The van der Waals surface area contributed by atoms with Gasteiger partial charge in [-0.3, -0.25) is 0 Å². The van der Waals surface area contributed by atoms with Crippen LogP contribution in [-0.4, -0.2) is 23.1 Å². The van der Waals surface area contributed by atoms with Crippen LogP contribution in [0.2, 0.25) is 0 Å². The fourth-order valence-corrected chi connectivity index (χ4v) is 1.79. The molecule has 0 spiro atoms. The quantitative estimate of drug-likeness (QED) is 0.781. The van der Waals surface area contributed by atoms with Crippen LogP contribution in [0.1, 0.15) is 18.4 Å². The predicted molar refractivity (Wildman–Crippen MR) is 67.4 cm³/mol. The zero-order chi connectivity index (χ0) is 14.0. The molecule has 1 unspecified atom stereocenters. The Kier molecular flexibility index (Phi) is 3.69. The zero-order valence-electron chi connectivity index (χ0n) is 10.4. The van der Waals surface area contributed by atoms with Gasteiger partial charge in [0, 0.05) is 5.69 Å². The molecule has 1 aliphatic carbocycles. The van der Waals surface area contributed by atoms with E-state index in [0.29, 0.717) is 11.3 Å². The van der Waals surface area contributed by atoms with Crippen molar-refractivity contribution in [1.82, 2.24) is 5.32 Å². The molecule has 102 valence electrons. The molecule has 5 nitrogen and oxygen atoms in total. The van der Waals surface area contributed by atoms with E-state index >= 15 is 0 Å². The van der Waals surface area contributed by atoms with Crippen molar-refractivity contribution < 1.29 is 19.1 Å². The summed E-state index contributed by atoms with van der Waals surface area (Å²) in [5.41, 5.74) is 0.771. The highest BCUT2D eigenvalue weighted by molar-refractivity contribution is 5.92. The first-order valence-corrected chi connectivity index (χ1v) is 6.04. The van der Waals surface area contributed by atoms with Crippen molar-refractivity contribution >= 4 is 17.7 Å². The summed E-state index contributed by atoms with van der Waals surface area (Å²) in [5.74, 6) is -1.47. The van der Waals surface area contributed by atoms with Crippen LogP contribution >= 0.6 is 0 Å². The van der Waals surface area contributed by atoms with Crippen LogP contribution in [0.5, 0.6) is 0 Å². The van der Waals surface area contributed by atoms with Gasteiger partial charge in [-0.2, -0.15) is 0 Å². The lowest BCUT2D eigenvalue weighted by molar-refractivity contribution is -0.139. The number of hydrogen-bond donors (Lipinski definition) is 3. The minimum atomic E-state index is -1.05. The third-order valence-electron chi connectivity index (χ3n) is 3.08. The molecule has 0 heterocycles. The van der Waals surface area contributed by atoms with Crippen LogP contribution in [0.4, 0.5) is 14.9 Å². The van der Waals surface area contributed by atoms with Crippen molar-refractivity contribution in [2.24, 2.45) is 5.92 Å². The van der Waals surface area contributed by atoms with Gasteiger partial charge < -0.3 is 15.7 Å². The molecule has 0 aliphatic heterocycles. The van der Waals surface area contributed by atoms with Gasteiger partial charge in [-0.1, -0.05) is 6.07 Å². The summed E-state index contributed by atoms with van der Waals surface area (Å²) < 4.78 is 13.3. The normalized spacial score (nSPS) is 15.7. The second-order valence-corrected chi connectivity index (χ2v) is 4.72. The van der Waals surface area contributed by atoms with E-state index in [4.69, 9.17) is 5.11 Å². The molecule has 0 radical (unpaired) electrons. The molecule has 6 heteroatoms. The Balaban J connectivity index is 1.96. The number of carboxylic acid groups (broad SMARTS) is 1. The number of anilines is 1. The number of halogens is 1. The third-order valence-corrected chi connectivity index (χ3v) is 3.08. The topological polar surface area (TPSA) is 78.4 Å². The second-order valence-electron chi connectivity index (χ2n) is 4.72. The van der Waals surface area contributed by atoms with Crippen LogP contribution in [0, 0.1) is 18.7 Å². The largest absolute Gasteiger partial charge is 0.480 e. The summed E-state index contributed by atoms with van der Waals surface area (Å²) in [6, 6.07) is 2.78. The number of benzene rings is 1. The highest BCUT2D eigenvalue weighted by atomic mass is 19.1. The van der Waals surface area contributed by atoms with Crippen LogP contribution in [0.3, 0.4) is 0 Å². The van der Waals surface area contributed by atoms with Crippen molar-refractivity contribution in [2.75, 3.05) is 5.32 Å². The van der Waals surface area contributed by atoms with Crippen LogP contribution in [0.15, 0.2) is 18.2 Å². The predicted octanol–water partition coefficient (Wildman–Crippen LogP) is 2.12. The molecule has 2 rings (SSSR count). The molecule has 19 heavy (non-hydrogen) atoms. The molecule has 2 amide bonds. The molecule has 1 aromatic carbocycles. The van der Waals surface area contributed by atoms with Crippen molar-refractivity contribution in [3.8, 4) is 0 Å². The summed E-state index contributed by atoms with van der Waals surface area (Å²) in [4.78, 5) is 22.6. The fraction of sp³-hybridized carbons (Fsp3) is 0.385. The number of carboxylic acids is 1. The smallest absolute Gasteiger partial charge is 0.326 e. The minimum Gasteiger partial charge on any atom is -0.480 e. The number of urea groups is 1. The van der Waals surface area contributed by atoms with Crippen molar-refractivity contribution in [3.63, 3.8) is 0 Å². The molecule has 1 fully saturated rings. The highest BCUT2D eigenvalue weighted by Gasteiger charge is 2.37. The van der Waals surface area contributed by atoms with Gasteiger partial charge in [0.05, 0.1) is 0 Å². The maximum absolute atomic E-state index is 13.3. The molecular weight excluding hydrogens is 251 g/mol. The van der Waals surface area contributed by atoms with Gasteiger partial charge >= 0.3 is 12.0 Å². The maximum atomic E-state index is 13.3. The van der Waals surface area contributed by atoms with Gasteiger partial charge in [0.2, 0.25) is 0 Å². The van der Waals surface area contributed by atoms with Crippen molar-refractivity contribution in [1.29, 1.82) is 0 Å². The van der Waals surface area contributed by atoms with E-state index in [9.17, 15) is 14.0 Å². The zero-order valence-corrected chi connectivity index (χ0v) is 10.4. The first-order chi connectivity index (χ1) is 8.97. The molecular formula is C13H15FN2O3. The molecule has 0 bridgehead atoms. The fourth-order valence-electron chi connectivity index (χ4n) is 1.79. The number of amides is 2. The maximum Gasteiger partial charge on any atom is 0.326 e. The number of aliphatic carboxylic acids is 1. The van der Waals surface area contributed by atoms with E-state index in [1.54, 1.807) is 19.1 Å². The first kappa shape index (κ1) is 13.3. The number of carbonyl (C=O) groups excluding carboxylic acids is 1. The van der Waals surface area contributed by atoms with Crippen LogP contribution in [0.25, 0.3) is 0 Å². The molecule has 1 saturated carbocycles. The highest BCUT2D eigenvalue weighted by Crippen LogP contribution is 2.32. The van der Waals surface area contributed by atoms with Gasteiger partial charge in [-0.15, -0.1) is 0 Å². The lowest BCUT2D eigenvalue weighted by Gasteiger charge is -2.14. The lowest BCUT2D eigenvalue weighted by Crippen LogP contribution is -2.44. The van der Waals surface area contributed by atoms with E-state index in [-0.39, 0.29) is 5.92 Å². The van der Waals surface area contributed by atoms with Crippen molar-refractivity contribution in [2.45, 2.75) is 25.8 Å². The van der Waals surface area contributed by atoms with E-state index in [1.165, 1.54) is 6.07 Å². The number of carbonyl (C=O) groups is 2. The monoisotopic (exact) mass is 266 g/mol. The molecule has 0 aromatic heterocycles. The Bertz CT molecular complexity index is 515. The molecule has 3 N–H and O–H groups in total. The lowest BCUT2D eigenvalue weighted by atomic mass is 10.2. The third kappa shape index (κ3) is 3.43. The molecule has 1 aromatic rings. The Morgan fingerprint density at radius 3 is 2.63 bits per heavy atom.